The predicted octanol–water partition coefficient (Wildman–Crippen LogP) is 4.14. The molecule has 7 heteroatoms. The fourth-order valence-corrected chi connectivity index (χ4v) is 3.90. The maximum atomic E-state index is 12.3. The summed E-state index contributed by atoms with van der Waals surface area (Å²) in [6.07, 6.45) is 1.75. The summed E-state index contributed by atoms with van der Waals surface area (Å²) in [6, 6.07) is 13.8. The zero-order valence-electron chi connectivity index (χ0n) is 14.8. The van der Waals surface area contributed by atoms with E-state index in [2.05, 4.69) is 0 Å². The molecule has 0 N–H and O–H groups in total. The van der Waals surface area contributed by atoms with E-state index in [-0.39, 0.29) is 5.91 Å². The van der Waals surface area contributed by atoms with Crippen molar-refractivity contribution in [2.75, 3.05) is 13.7 Å². The Hall–Kier alpha value is -2.64. The number of rotatable bonds is 5. The van der Waals surface area contributed by atoms with Crippen molar-refractivity contribution < 1.29 is 19.1 Å². The summed E-state index contributed by atoms with van der Waals surface area (Å²) in [7, 11) is 1.50. The zero-order chi connectivity index (χ0) is 19.4. The first-order chi connectivity index (χ1) is 13.0. The third kappa shape index (κ3) is 4.20. The minimum Gasteiger partial charge on any atom is -0.493 e. The van der Waals surface area contributed by atoms with Gasteiger partial charge in [0, 0.05) is 6.54 Å². The lowest BCUT2D eigenvalue weighted by molar-refractivity contribution is -0.121. The molecule has 1 aliphatic rings. The molecule has 0 atom stereocenters. The topological polar surface area (TPSA) is 55.8 Å². The number of carbonyl (C=O) groups excluding carboxylic acids is 2. The van der Waals surface area contributed by atoms with Gasteiger partial charge in [-0.1, -0.05) is 48.2 Å². The van der Waals surface area contributed by atoms with E-state index in [4.69, 9.17) is 21.7 Å². The third-order valence-corrected chi connectivity index (χ3v) is 5.27. The standard InChI is InChI=1S/C20H17NO4S2/c1-3-21-18(22)17(27-20(21)26)12-13-9-10-15(16(11-13)24-2)25-19(23)14-7-5-4-6-8-14/h4-12H,3H2,1-2H3. The van der Waals surface area contributed by atoms with Gasteiger partial charge in [0.05, 0.1) is 17.6 Å². The van der Waals surface area contributed by atoms with Gasteiger partial charge in [-0.25, -0.2) is 4.79 Å². The van der Waals surface area contributed by atoms with Crippen molar-refractivity contribution >= 4 is 46.3 Å². The lowest BCUT2D eigenvalue weighted by Gasteiger charge is -2.10. The van der Waals surface area contributed by atoms with Gasteiger partial charge in [0.15, 0.2) is 11.5 Å². The minimum absolute atomic E-state index is 0.106. The summed E-state index contributed by atoms with van der Waals surface area (Å²) in [5.41, 5.74) is 1.20. The highest BCUT2D eigenvalue weighted by molar-refractivity contribution is 8.26. The van der Waals surface area contributed by atoms with Crippen LogP contribution in [0, 0.1) is 0 Å². The number of ether oxygens (including phenoxy) is 2. The summed E-state index contributed by atoms with van der Waals surface area (Å²) in [4.78, 5) is 26.7. The first-order valence-electron chi connectivity index (χ1n) is 8.24. The van der Waals surface area contributed by atoms with E-state index < -0.39 is 5.97 Å². The van der Waals surface area contributed by atoms with E-state index in [1.54, 1.807) is 53.4 Å². The number of carbonyl (C=O) groups is 2. The Kier molecular flexibility index (Phi) is 5.93. The maximum Gasteiger partial charge on any atom is 0.343 e. The van der Waals surface area contributed by atoms with Crippen molar-refractivity contribution in [2.45, 2.75) is 6.92 Å². The minimum atomic E-state index is -0.467. The normalized spacial score (nSPS) is 15.3. The van der Waals surface area contributed by atoms with Gasteiger partial charge < -0.3 is 9.47 Å². The zero-order valence-corrected chi connectivity index (χ0v) is 16.4. The second-order valence-electron chi connectivity index (χ2n) is 5.59. The number of nitrogens with zero attached hydrogens (tertiary/aromatic N) is 1. The lowest BCUT2D eigenvalue weighted by atomic mass is 10.1. The van der Waals surface area contributed by atoms with E-state index in [9.17, 15) is 9.59 Å². The van der Waals surface area contributed by atoms with Gasteiger partial charge in [0.2, 0.25) is 0 Å². The molecule has 1 aliphatic heterocycles. The number of likely N-dealkylation sites (N-methyl/N-ethyl adjacent to an activating group) is 1. The highest BCUT2D eigenvalue weighted by atomic mass is 32.2. The molecule has 0 radical (unpaired) electrons. The molecule has 1 heterocycles. The molecule has 0 spiro atoms. The fourth-order valence-electron chi connectivity index (χ4n) is 2.52. The molecule has 138 valence electrons. The molecule has 2 aromatic rings. The molecule has 27 heavy (non-hydrogen) atoms. The van der Waals surface area contributed by atoms with Crippen LogP contribution >= 0.6 is 24.0 Å². The largest absolute Gasteiger partial charge is 0.493 e. The van der Waals surface area contributed by atoms with E-state index >= 15 is 0 Å². The van der Waals surface area contributed by atoms with Gasteiger partial charge in [-0.3, -0.25) is 9.69 Å². The highest BCUT2D eigenvalue weighted by Crippen LogP contribution is 2.34. The van der Waals surface area contributed by atoms with Crippen LogP contribution in [0.25, 0.3) is 6.08 Å². The van der Waals surface area contributed by atoms with Crippen LogP contribution in [0.4, 0.5) is 0 Å². The molecule has 3 rings (SSSR count). The maximum absolute atomic E-state index is 12.3. The Morgan fingerprint density at radius 2 is 1.93 bits per heavy atom. The molecule has 0 unspecified atom stereocenters. The molecule has 0 bridgehead atoms. The third-order valence-electron chi connectivity index (χ3n) is 3.89. The number of benzene rings is 2. The first-order valence-corrected chi connectivity index (χ1v) is 9.46. The van der Waals surface area contributed by atoms with Crippen molar-refractivity contribution in [3.05, 3.63) is 64.6 Å². The van der Waals surface area contributed by atoms with Crippen LogP contribution in [0.3, 0.4) is 0 Å². The van der Waals surface area contributed by atoms with Crippen molar-refractivity contribution in [2.24, 2.45) is 0 Å². The fraction of sp³-hybridized carbons (Fsp3) is 0.150. The highest BCUT2D eigenvalue weighted by Gasteiger charge is 2.30. The average molecular weight is 399 g/mol. The summed E-state index contributed by atoms with van der Waals surface area (Å²) in [5.74, 6) is 0.139. The molecule has 2 aromatic carbocycles. The van der Waals surface area contributed by atoms with Gasteiger partial charge in [-0.15, -0.1) is 0 Å². The van der Waals surface area contributed by atoms with Crippen LogP contribution in [-0.2, 0) is 4.79 Å². The predicted molar refractivity (Wildman–Crippen MR) is 110 cm³/mol. The van der Waals surface area contributed by atoms with Crippen molar-refractivity contribution in [3.63, 3.8) is 0 Å². The SMILES string of the molecule is CCN1C(=O)C(=Cc2ccc(OC(=O)c3ccccc3)c(OC)c2)SC1=S. The molecule has 0 aromatic heterocycles. The summed E-state index contributed by atoms with van der Waals surface area (Å²) in [6.45, 7) is 2.42. The Labute approximate surface area is 167 Å². The van der Waals surface area contributed by atoms with Crippen molar-refractivity contribution in [1.29, 1.82) is 0 Å². The van der Waals surface area contributed by atoms with Gasteiger partial charge in [-0.2, -0.15) is 0 Å². The number of hydrogen-bond donors (Lipinski definition) is 0. The lowest BCUT2D eigenvalue weighted by Crippen LogP contribution is -2.27. The van der Waals surface area contributed by atoms with Crippen LogP contribution < -0.4 is 9.47 Å². The molecule has 0 aliphatic carbocycles. The summed E-state index contributed by atoms with van der Waals surface area (Å²) >= 11 is 6.49. The van der Waals surface area contributed by atoms with E-state index in [0.29, 0.717) is 32.8 Å². The van der Waals surface area contributed by atoms with E-state index in [0.717, 1.165) is 5.56 Å². The molecule has 1 amide bonds. The number of thioether (sulfide) groups is 1. The first kappa shape index (κ1) is 19.1. The van der Waals surface area contributed by atoms with Crippen LogP contribution in [0.5, 0.6) is 11.5 Å². The van der Waals surface area contributed by atoms with E-state index in [1.165, 1.54) is 18.9 Å². The Morgan fingerprint density at radius 1 is 1.19 bits per heavy atom. The van der Waals surface area contributed by atoms with Crippen molar-refractivity contribution in [3.8, 4) is 11.5 Å². The van der Waals surface area contributed by atoms with Crippen molar-refractivity contribution in [1.82, 2.24) is 4.90 Å². The Bertz CT molecular complexity index is 925. The van der Waals surface area contributed by atoms with Crippen LogP contribution in [0.15, 0.2) is 53.4 Å². The molecule has 1 fully saturated rings. The van der Waals surface area contributed by atoms with Crippen LogP contribution in [0.1, 0.15) is 22.8 Å². The summed E-state index contributed by atoms with van der Waals surface area (Å²) in [5, 5.41) is 0. The molecular formula is C20H17NO4S2. The second-order valence-corrected chi connectivity index (χ2v) is 7.27. The molecule has 0 saturated carbocycles. The Morgan fingerprint density at radius 3 is 2.56 bits per heavy atom. The average Bonchev–Trinajstić information content (AvgIpc) is 2.96. The number of methoxy groups -OCH3 is 1. The van der Waals surface area contributed by atoms with Gasteiger partial charge >= 0.3 is 5.97 Å². The smallest absolute Gasteiger partial charge is 0.343 e. The Balaban J connectivity index is 1.83. The van der Waals surface area contributed by atoms with E-state index in [1.807, 2.05) is 13.0 Å². The summed E-state index contributed by atoms with van der Waals surface area (Å²) < 4.78 is 11.3. The molecule has 1 saturated heterocycles. The number of thiocarbonyl (C=S) groups is 1. The molecule has 5 nitrogen and oxygen atoms in total. The van der Waals surface area contributed by atoms with Crippen LogP contribution in [-0.4, -0.2) is 34.8 Å². The van der Waals surface area contributed by atoms with Gasteiger partial charge in [-0.05, 0) is 42.8 Å². The molecular weight excluding hydrogens is 382 g/mol. The second kappa shape index (κ2) is 8.37. The quantitative estimate of drug-likeness (QED) is 0.326. The van der Waals surface area contributed by atoms with Crippen LogP contribution in [0.2, 0.25) is 0 Å². The van der Waals surface area contributed by atoms with Gasteiger partial charge in [0.1, 0.15) is 4.32 Å². The number of esters is 1. The monoisotopic (exact) mass is 399 g/mol. The number of amides is 1. The number of hydrogen-bond acceptors (Lipinski definition) is 6. The van der Waals surface area contributed by atoms with Gasteiger partial charge in [0.25, 0.3) is 5.91 Å².